The van der Waals surface area contributed by atoms with Crippen LogP contribution < -0.4 is 9.47 Å². The number of rotatable bonds is 5. The highest BCUT2D eigenvalue weighted by Gasteiger charge is 2.36. The lowest BCUT2D eigenvalue weighted by atomic mass is 10.1. The van der Waals surface area contributed by atoms with E-state index in [0.717, 1.165) is 10.9 Å². The number of likely N-dealkylation sites (N-methyl/N-ethyl adjacent to an activating group) is 1. The summed E-state index contributed by atoms with van der Waals surface area (Å²) in [6.07, 6.45) is 3.71. The van der Waals surface area contributed by atoms with Crippen LogP contribution in [0.15, 0.2) is 42.7 Å². The number of benzene rings is 1. The Labute approximate surface area is 155 Å². The molecule has 8 heteroatoms. The fourth-order valence-corrected chi connectivity index (χ4v) is 3.42. The van der Waals surface area contributed by atoms with Gasteiger partial charge in [-0.15, -0.1) is 0 Å². The Morgan fingerprint density at radius 2 is 2.19 bits per heavy atom. The van der Waals surface area contributed by atoms with Crippen LogP contribution in [0.2, 0.25) is 0 Å². The maximum absolute atomic E-state index is 11.4. The van der Waals surface area contributed by atoms with Crippen LogP contribution in [0.3, 0.4) is 0 Å². The molecule has 0 unspecified atom stereocenters. The van der Waals surface area contributed by atoms with Gasteiger partial charge in [-0.25, -0.2) is 9.67 Å². The van der Waals surface area contributed by atoms with Crippen molar-refractivity contribution in [3.63, 3.8) is 0 Å². The minimum absolute atomic E-state index is 0.214. The Kier molecular flexibility index (Phi) is 4.41. The highest BCUT2D eigenvalue weighted by atomic mass is 16.5. The number of hydrogen-bond acceptors (Lipinski definition) is 6. The average molecular weight is 368 g/mol. The van der Waals surface area contributed by atoms with Gasteiger partial charge in [0.15, 0.2) is 5.82 Å². The third-order valence-corrected chi connectivity index (χ3v) is 4.79. The number of fused-ring (bicyclic) bond motifs is 1. The number of carbonyl (C=O) groups is 1. The molecule has 3 aromatic rings. The number of aliphatic carboxylic acids is 1. The first kappa shape index (κ1) is 17.3. The maximum Gasteiger partial charge on any atom is 0.321 e. The molecule has 1 aromatic carbocycles. The van der Waals surface area contributed by atoms with Gasteiger partial charge in [-0.05, 0) is 25.2 Å². The van der Waals surface area contributed by atoms with Crippen molar-refractivity contribution >= 4 is 16.9 Å². The fourth-order valence-electron chi connectivity index (χ4n) is 3.42. The quantitative estimate of drug-likeness (QED) is 0.736. The van der Waals surface area contributed by atoms with Gasteiger partial charge in [0, 0.05) is 42.9 Å². The van der Waals surface area contributed by atoms with Gasteiger partial charge >= 0.3 is 5.97 Å². The molecule has 8 nitrogen and oxygen atoms in total. The summed E-state index contributed by atoms with van der Waals surface area (Å²) in [5.74, 6) is 1.14. The lowest BCUT2D eigenvalue weighted by Gasteiger charge is -2.17. The zero-order chi connectivity index (χ0) is 19.0. The Balaban J connectivity index is 1.73. The Hall–Kier alpha value is -3.13. The number of methoxy groups -OCH3 is 1. The zero-order valence-electron chi connectivity index (χ0n) is 15.1. The van der Waals surface area contributed by atoms with E-state index in [1.54, 1.807) is 29.9 Å². The monoisotopic (exact) mass is 368 g/mol. The van der Waals surface area contributed by atoms with Crippen LogP contribution >= 0.6 is 0 Å². The van der Waals surface area contributed by atoms with E-state index in [-0.39, 0.29) is 6.10 Å². The van der Waals surface area contributed by atoms with Gasteiger partial charge in [0.1, 0.15) is 23.6 Å². The van der Waals surface area contributed by atoms with Crippen LogP contribution in [0.4, 0.5) is 0 Å². The molecule has 0 aliphatic carbocycles. The largest absolute Gasteiger partial charge is 0.497 e. The Bertz CT molecular complexity index is 973. The first-order chi connectivity index (χ1) is 13.0. The van der Waals surface area contributed by atoms with Gasteiger partial charge in [0.25, 0.3) is 0 Å². The number of carboxylic acids is 1. The van der Waals surface area contributed by atoms with Crippen LogP contribution in [-0.2, 0) is 4.79 Å². The number of pyridine rings is 1. The molecular formula is C19H20N4O4. The van der Waals surface area contributed by atoms with Crippen molar-refractivity contribution < 1.29 is 19.4 Å². The second kappa shape index (κ2) is 6.88. The molecule has 140 valence electrons. The molecule has 0 bridgehead atoms. The van der Waals surface area contributed by atoms with E-state index in [4.69, 9.17) is 9.47 Å². The van der Waals surface area contributed by atoms with E-state index in [2.05, 4.69) is 10.1 Å². The standard InChI is InChI=1S/C19H20N4O4/c1-22-11-13(9-16(22)19(24)25)27-17-10-18(23-7-3-6-20-23)21-15-8-12(26-2)4-5-14(15)17/h3-8,10,13,16H,9,11H2,1-2H3,(H,24,25)/t13-,16+/m1/s1. The number of carboxylic acid groups (broad SMARTS) is 1. The van der Waals surface area contributed by atoms with Crippen molar-refractivity contribution in [2.24, 2.45) is 0 Å². The van der Waals surface area contributed by atoms with E-state index in [9.17, 15) is 9.90 Å². The molecule has 0 saturated carbocycles. The minimum Gasteiger partial charge on any atom is -0.497 e. The molecule has 2 aromatic heterocycles. The highest BCUT2D eigenvalue weighted by Crippen LogP contribution is 2.32. The topological polar surface area (TPSA) is 89.7 Å². The van der Waals surface area contributed by atoms with Crippen LogP contribution in [-0.4, -0.2) is 63.6 Å². The molecule has 1 N–H and O–H groups in total. The summed E-state index contributed by atoms with van der Waals surface area (Å²) in [5, 5.41) is 14.4. The molecule has 27 heavy (non-hydrogen) atoms. The summed E-state index contributed by atoms with van der Waals surface area (Å²) in [6.45, 7) is 0.550. The first-order valence-electron chi connectivity index (χ1n) is 8.63. The highest BCUT2D eigenvalue weighted by molar-refractivity contribution is 5.87. The van der Waals surface area contributed by atoms with Gasteiger partial charge in [0.05, 0.1) is 12.6 Å². The normalized spacial score (nSPS) is 20.1. The third-order valence-electron chi connectivity index (χ3n) is 4.79. The van der Waals surface area contributed by atoms with Crippen molar-refractivity contribution in [1.82, 2.24) is 19.7 Å². The molecule has 1 saturated heterocycles. The predicted octanol–water partition coefficient (Wildman–Crippen LogP) is 1.97. The maximum atomic E-state index is 11.4. The summed E-state index contributed by atoms with van der Waals surface area (Å²) in [4.78, 5) is 17.8. The Morgan fingerprint density at radius 1 is 1.33 bits per heavy atom. The lowest BCUT2D eigenvalue weighted by molar-refractivity contribution is -0.141. The predicted molar refractivity (Wildman–Crippen MR) is 98.5 cm³/mol. The molecule has 1 aliphatic heterocycles. The molecule has 4 rings (SSSR count). The first-order valence-corrected chi connectivity index (χ1v) is 8.63. The smallest absolute Gasteiger partial charge is 0.321 e. The number of ether oxygens (including phenoxy) is 2. The van der Waals surface area contributed by atoms with Crippen molar-refractivity contribution in [1.29, 1.82) is 0 Å². The molecule has 2 atom stereocenters. The lowest BCUT2D eigenvalue weighted by Crippen LogP contribution is -2.32. The SMILES string of the molecule is COc1ccc2c(O[C@@H]3C[C@@H](C(=O)O)N(C)C3)cc(-n3cccn3)nc2c1. The second-order valence-electron chi connectivity index (χ2n) is 6.58. The Morgan fingerprint density at radius 3 is 2.85 bits per heavy atom. The van der Waals surface area contributed by atoms with E-state index in [1.165, 1.54) is 0 Å². The van der Waals surface area contributed by atoms with Crippen molar-refractivity contribution in [3.8, 4) is 17.3 Å². The number of likely N-dealkylation sites (tertiary alicyclic amines) is 1. The zero-order valence-corrected chi connectivity index (χ0v) is 15.1. The van der Waals surface area contributed by atoms with Crippen molar-refractivity contribution in [3.05, 3.63) is 42.7 Å². The van der Waals surface area contributed by atoms with E-state index >= 15 is 0 Å². The number of hydrogen-bond donors (Lipinski definition) is 1. The van der Waals surface area contributed by atoms with Gasteiger partial charge in [-0.2, -0.15) is 5.10 Å². The number of aromatic nitrogens is 3. The van der Waals surface area contributed by atoms with Gasteiger partial charge in [-0.3, -0.25) is 9.69 Å². The van der Waals surface area contributed by atoms with Gasteiger partial charge in [0.2, 0.25) is 0 Å². The molecule has 0 radical (unpaired) electrons. The summed E-state index contributed by atoms with van der Waals surface area (Å²) in [6, 6.07) is 8.71. The van der Waals surface area contributed by atoms with Crippen LogP contribution in [0, 0.1) is 0 Å². The molecular weight excluding hydrogens is 348 g/mol. The summed E-state index contributed by atoms with van der Waals surface area (Å²) in [7, 11) is 3.41. The second-order valence-corrected chi connectivity index (χ2v) is 6.58. The molecule has 1 fully saturated rings. The van der Waals surface area contributed by atoms with Crippen LogP contribution in [0.5, 0.6) is 11.5 Å². The molecule has 0 spiro atoms. The summed E-state index contributed by atoms with van der Waals surface area (Å²) < 4.78 is 13.2. The van der Waals surface area contributed by atoms with E-state index in [1.807, 2.05) is 36.5 Å². The van der Waals surface area contributed by atoms with Gasteiger partial charge in [-0.1, -0.05) is 0 Å². The molecule has 1 aliphatic rings. The third kappa shape index (κ3) is 3.31. The van der Waals surface area contributed by atoms with Gasteiger partial charge < -0.3 is 14.6 Å². The van der Waals surface area contributed by atoms with Crippen LogP contribution in [0.25, 0.3) is 16.7 Å². The average Bonchev–Trinajstić information content (AvgIpc) is 3.31. The minimum atomic E-state index is -0.829. The summed E-state index contributed by atoms with van der Waals surface area (Å²) in [5.41, 5.74) is 0.721. The molecule has 0 amide bonds. The summed E-state index contributed by atoms with van der Waals surface area (Å²) >= 11 is 0. The number of nitrogens with zero attached hydrogens (tertiary/aromatic N) is 4. The van der Waals surface area contributed by atoms with E-state index < -0.39 is 12.0 Å². The fraction of sp³-hybridized carbons (Fsp3) is 0.316. The molecule has 3 heterocycles. The van der Waals surface area contributed by atoms with Crippen molar-refractivity contribution in [2.75, 3.05) is 20.7 Å². The van der Waals surface area contributed by atoms with Crippen LogP contribution in [0.1, 0.15) is 6.42 Å². The van der Waals surface area contributed by atoms with E-state index in [0.29, 0.717) is 30.3 Å². The van der Waals surface area contributed by atoms with Crippen molar-refractivity contribution in [2.45, 2.75) is 18.6 Å².